The minimum absolute atomic E-state index is 0.152. The summed E-state index contributed by atoms with van der Waals surface area (Å²) in [7, 11) is -0.235. The van der Waals surface area contributed by atoms with Crippen LogP contribution in [0.3, 0.4) is 0 Å². The molecule has 2 atom stereocenters. The summed E-state index contributed by atoms with van der Waals surface area (Å²) in [6.45, 7) is 4.08. The maximum absolute atomic E-state index is 5.78. The fourth-order valence-electron chi connectivity index (χ4n) is 2.08. The third-order valence-corrected chi connectivity index (χ3v) is 3.21. The molecule has 1 aromatic heterocycles. The lowest BCUT2D eigenvalue weighted by Gasteiger charge is -2.04. The van der Waals surface area contributed by atoms with E-state index in [1.54, 1.807) is 0 Å². The predicted octanol–water partition coefficient (Wildman–Crippen LogP) is 1.69. The molecule has 1 N–H and O–H groups in total. The van der Waals surface area contributed by atoms with Gasteiger partial charge in [-0.25, -0.2) is 0 Å². The molecule has 2 heterocycles. The fourth-order valence-corrected chi connectivity index (χ4v) is 2.08. The zero-order chi connectivity index (χ0) is 11.1. The van der Waals surface area contributed by atoms with Gasteiger partial charge in [0.2, 0.25) is 0 Å². The van der Waals surface area contributed by atoms with E-state index in [1.807, 2.05) is 32.2 Å². The van der Waals surface area contributed by atoms with Gasteiger partial charge in [0.1, 0.15) is 0 Å². The number of benzene rings is 1. The Morgan fingerprint density at radius 2 is 1.81 bits per heavy atom. The Morgan fingerprint density at radius 3 is 2.56 bits per heavy atom. The number of fused-ring (bicyclic) bond motifs is 1. The van der Waals surface area contributed by atoms with Crippen LogP contribution in [0, 0.1) is 0 Å². The molecule has 0 radical (unpaired) electrons. The molecule has 1 fully saturated rings. The highest BCUT2D eigenvalue weighted by molar-refractivity contribution is 6.65. The number of aromatic nitrogens is 1. The summed E-state index contributed by atoms with van der Waals surface area (Å²) >= 11 is 0. The molecule has 0 aliphatic carbocycles. The van der Waals surface area contributed by atoms with Crippen molar-refractivity contribution in [2.24, 2.45) is 0 Å². The molecular formula is C12H14BNO2. The summed E-state index contributed by atoms with van der Waals surface area (Å²) in [6.07, 6.45) is 2.28. The van der Waals surface area contributed by atoms with Gasteiger partial charge in [-0.15, -0.1) is 0 Å². The zero-order valence-corrected chi connectivity index (χ0v) is 9.44. The molecule has 1 saturated heterocycles. The summed E-state index contributed by atoms with van der Waals surface area (Å²) in [5.74, 6) is 0. The average molecular weight is 215 g/mol. The van der Waals surface area contributed by atoms with Gasteiger partial charge < -0.3 is 14.3 Å². The molecule has 0 spiro atoms. The van der Waals surface area contributed by atoms with Crippen molar-refractivity contribution in [1.29, 1.82) is 0 Å². The van der Waals surface area contributed by atoms with Crippen LogP contribution in [-0.2, 0) is 9.31 Å². The van der Waals surface area contributed by atoms with Gasteiger partial charge in [0, 0.05) is 17.2 Å². The van der Waals surface area contributed by atoms with Gasteiger partial charge >= 0.3 is 7.12 Å². The zero-order valence-electron chi connectivity index (χ0n) is 9.44. The molecular weight excluding hydrogens is 201 g/mol. The van der Waals surface area contributed by atoms with Crippen molar-refractivity contribution >= 4 is 23.5 Å². The maximum atomic E-state index is 5.78. The van der Waals surface area contributed by atoms with Crippen LogP contribution in [0.5, 0.6) is 0 Å². The van der Waals surface area contributed by atoms with Crippen molar-refractivity contribution in [3.63, 3.8) is 0 Å². The highest BCUT2D eigenvalue weighted by Crippen LogP contribution is 2.18. The van der Waals surface area contributed by atoms with Gasteiger partial charge in [-0.3, -0.25) is 0 Å². The minimum atomic E-state index is -0.235. The van der Waals surface area contributed by atoms with Gasteiger partial charge in [-0.1, -0.05) is 18.2 Å². The Balaban J connectivity index is 2.01. The van der Waals surface area contributed by atoms with E-state index in [4.69, 9.17) is 9.31 Å². The third kappa shape index (κ3) is 1.46. The number of para-hydroxylation sites is 1. The molecule has 1 aromatic carbocycles. The Labute approximate surface area is 94.9 Å². The average Bonchev–Trinajstić information content (AvgIpc) is 2.83. The predicted molar refractivity (Wildman–Crippen MR) is 64.8 cm³/mol. The molecule has 3 rings (SSSR count). The van der Waals surface area contributed by atoms with E-state index in [9.17, 15) is 0 Å². The van der Waals surface area contributed by atoms with E-state index < -0.39 is 0 Å². The minimum Gasteiger partial charge on any atom is -0.402 e. The van der Waals surface area contributed by atoms with Crippen LogP contribution in [0.25, 0.3) is 10.9 Å². The summed E-state index contributed by atoms with van der Waals surface area (Å²) in [5.41, 5.74) is 2.21. The van der Waals surface area contributed by atoms with Crippen molar-refractivity contribution in [2.75, 3.05) is 0 Å². The normalized spacial score (nSPS) is 25.5. The highest BCUT2D eigenvalue weighted by Gasteiger charge is 2.37. The first kappa shape index (κ1) is 9.93. The van der Waals surface area contributed by atoms with E-state index >= 15 is 0 Å². The number of aromatic amines is 1. The highest BCUT2D eigenvalue weighted by atomic mass is 16.7. The summed E-state index contributed by atoms with van der Waals surface area (Å²) < 4.78 is 11.6. The van der Waals surface area contributed by atoms with Gasteiger partial charge in [0.25, 0.3) is 0 Å². The molecule has 0 bridgehead atoms. The lowest BCUT2D eigenvalue weighted by molar-refractivity contribution is 0.187. The third-order valence-electron chi connectivity index (χ3n) is 3.21. The van der Waals surface area contributed by atoms with Crippen LogP contribution < -0.4 is 5.46 Å². The first-order valence-corrected chi connectivity index (χ1v) is 5.62. The Kier molecular flexibility index (Phi) is 2.26. The molecule has 1 aliphatic heterocycles. The van der Waals surface area contributed by atoms with Crippen LogP contribution in [0.2, 0.25) is 0 Å². The van der Waals surface area contributed by atoms with Gasteiger partial charge in [0.15, 0.2) is 0 Å². The Bertz CT molecular complexity index is 500. The van der Waals surface area contributed by atoms with Gasteiger partial charge in [-0.2, -0.15) is 0 Å². The fraction of sp³-hybridized carbons (Fsp3) is 0.333. The van der Waals surface area contributed by atoms with Crippen LogP contribution in [-0.4, -0.2) is 24.3 Å². The monoisotopic (exact) mass is 215 g/mol. The van der Waals surface area contributed by atoms with Crippen molar-refractivity contribution in [3.05, 3.63) is 30.5 Å². The van der Waals surface area contributed by atoms with E-state index in [-0.39, 0.29) is 19.3 Å². The van der Waals surface area contributed by atoms with Crippen LogP contribution in [0.1, 0.15) is 13.8 Å². The molecule has 2 aromatic rings. The summed E-state index contributed by atoms with van der Waals surface area (Å²) in [6, 6.07) is 8.19. The number of nitrogens with one attached hydrogen (secondary N) is 1. The van der Waals surface area contributed by atoms with Crippen LogP contribution in [0.4, 0.5) is 0 Å². The lowest BCUT2D eigenvalue weighted by Crippen LogP contribution is -2.31. The smallest absolute Gasteiger partial charge is 0.402 e. The van der Waals surface area contributed by atoms with Crippen LogP contribution in [0.15, 0.2) is 30.5 Å². The molecule has 1 aliphatic rings. The molecule has 0 saturated carbocycles. The SMILES string of the molecule is CC1OB(c2c[nH]c3ccccc23)OC1C. The number of H-pyrrole nitrogens is 1. The van der Waals surface area contributed by atoms with Gasteiger partial charge in [0.05, 0.1) is 12.2 Å². The molecule has 4 heteroatoms. The van der Waals surface area contributed by atoms with Crippen molar-refractivity contribution in [1.82, 2.24) is 4.98 Å². The van der Waals surface area contributed by atoms with E-state index in [0.29, 0.717) is 0 Å². The largest absolute Gasteiger partial charge is 0.496 e. The van der Waals surface area contributed by atoms with Crippen molar-refractivity contribution < 1.29 is 9.31 Å². The van der Waals surface area contributed by atoms with Gasteiger partial charge in [-0.05, 0) is 25.3 Å². The molecule has 2 unspecified atom stereocenters. The molecule has 16 heavy (non-hydrogen) atoms. The standard InChI is InChI=1S/C12H14BNO2/c1-8-9(2)16-13(15-8)11-7-14-12-6-4-3-5-10(11)12/h3-9,14H,1-2H3. The number of rotatable bonds is 1. The van der Waals surface area contributed by atoms with E-state index in [1.165, 1.54) is 5.39 Å². The topological polar surface area (TPSA) is 34.2 Å². The van der Waals surface area contributed by atoms with Crippen molar-refractivity contribution in [2.45, 2.75) is 26.1 Å². The quantitative estimate of drug-likeness (QED) is 0.734. The second-order valence-corrected chi connectivity index (χ2v) is 4.30. The Morgan fingerprint density at radius 1 is 1.12 bits per heavy atom. The first-order valence-electron chi connectivity index (χ1n) is 5.62. The van der Waals surface area contributed by atoms with Crippen LogP contribution >= 0.6 is 0 Å². The molecule has 0 amide bonds. The molecule has 3 nitrogen and oxygen atoms in total. The van der Waals surface area contributed by atoms with E-state index in [0.717, 1.165) is 11.0 Å². The second kappa shape index (κ2) is 3.65. The summed E-state index contributed by atoms with van der Waals surface area (Å²) in [5, 5.41) is 1.17. The summed E-state index contributed by atoms with van der Waals surface area (Å²) in [4.78, 5) is 3.23. The maximum Gasteiger partial charge on any atom is 0.496 e. The molecule has 82 valence electrons. The number of hydrogen-bond donors (Lipinski definition) is 1. The number of hydrogen-bond acceptors (Lipinski definition) is 2. The van der Waals surface area contributed by atoms with E-state index in [2.05, 4.69) is 17.1 Å². The second-order valence-electron chi connectivity index (χ2n) is 4.30. The first-order chi connectivity index (χ1) is 7.75. The van der Waals surface area contributed by atoms with Crippen molar-refractivity contribution in [3.8, 4) is 0 Å². The lowest BCUT2D eigenvalue weighted by atomic mass is 9.79. The Hall–Kier alpha value is -1.26.